The van der Waals surface area contributed by atoms with Crippen LogP contribution in [-0.2, 0) is 18.9 Å². The van der Waals surface area contributed by atoms with Crippen LogP contribution >= 0.6 is 0 Å². The Hall–Kier alpha value is -2.76. The van der Waals surface area contributed by atoms with Crippen molar-refractivity contribution in [2.45, 2.75) is 81.4 Å². The molecule has 14 heteroatoms. The monoisotopic (exact) mass is 596 g/mol. The first-order valence-electron chi connectivity index (χ1n) is 13.5. The highest BCUT2D eigenvalue weighted by Crippen LogP contribution is 2.50. The standard InChI is InChI=1S/C28H36O14/c1-10-7-13-17(11(2)38-10)20(32)18-12(5-4-6-14(18)37-3)25(13)41-28-24(36)22(34)26(16(9-30)40-28)42-27-23(35)21(33)19(31)15(8-29)39-27/h4-7,11,15-16,19,21-24,26-36H,8-9H2,1-3H3/t11-,15-,16-,19-,21+,22-,23-,24-,26-,27+,28+/m1/s1. The maximum atomic E-state index is 11.3. The van der Waals surface area contributed by atoms with Crippen molar-refractivity contribution in [1.29, 1.82) is 0 Å². The zero-order valence-electron chi connectivity index (χ0n) is 23.1. The molecule has 14 nitrogen and oxygen atoms in total. The third-order valence-corrected chi connectivity index (χ3v) is 7.83. The second-order valence-corrected chi connectivity index (χ2v) is 10.5. The maximum Gasteiger partial charge on any atom is 0.229 e. The minimum absolute atomic E-state index is 0.0765. The molecule has 0 bridgehead atoms. The molecule has 3 aliphatic heterocycles. The van der Waals surface area contributed by atoms with Crippen molar-refractivity contribution >= 4 is 16.8 Å². The molecule has 8 N–H and O–H groups in total. The number of ether oxygens (including phenoxy) is 6. The predicted octanol–water partition coefficient (Wildman–Crippen LogP) is -0.991. The molecule has 0 aliphatic carbocycles. The molecule has 2 aromatic carbocycles. The van der Waals surface area contributed by atoms with Crippen molar-refractivity contribution in [2.24, 2.45) is 0 Å². The highest BCUT2D eigenvalue weighted by molar-refractivity contribution is 6.02. The van der Waals surface area contributed by atoms with Gasteiger partial charge in [-0.3, -0.25) is 0 Å². The van der Waals surface area contributed by atoms with E-state index >= 15 is 0 Å². The normalized spacial score (nSPS) is 36.6. The van der Waals surface area contributed by atoms with Crippen LogP contribution in [0.4, 0.5) is 0 Å². The van der Waals surface area contributed by atoms with Crippen LogP contribution < -0.4 is 9.47 Å². The molecule has 42 heavy (non-hydrogen) atoms. The Morgan fingerprint density at radius 2 is 1.52 bits per heavy atom. The Morgan fingerprint density at radius 3 is 2.19 bits per heavy atom. The fourth-order valence-electron chi connectivity index (χ4n) is 5.69. The van der Waals surface area contributed by atoms with E-state index in [-0.39, 0.29) is 11.5 Å². The second-order valence-electron chi connectivity index (χ2n) is 10.5. The van der Waals surface area contributed by atoms with Crippen molar-refractivity contribution in [1.82, 2.24) is 0 Å². The average Bonchev–Trinajstić information content (AvgIpc) is 2.97. The lowest BCUT2D eigenvalue weighted by atomic mass is 9.92. The summed E-state index contributed by atoms with van der Waals surface area (Å²) in [5.41, 5.74) is 0.857. The Bertz CT molecular complexity index is 1310. The Morgan fingerprint density at radius 1 is 0.857 bits per heavy atom. The number of benzene rings is 2. The molecule has 0 aromatic heterocycles. The first-order chi connectivity index (χ1) is 20.0. The molecular weight excluding hydrogens is 560 g/mol. The summed E-state index contributed by atoms with van der Waals surface area (Å²) in [6, 6.07) is 5.02. The first-order valence-corrected chi connectivity index (χ1v) is 13.5. The number of rotatable bonds is 7. The van der Waals surface area contributed by atoms with E-state index in [1.807, 2.05) is 0 Å². The molecule has 2 aromatic rings. The number of fused-ring (bicyclic) bond motifs is 2. The van der Waals surface area contributed by atoms with Crippen LogP contribution in [0.3, 0.4) is 0 Å². The number of hydrogen-bond acceptors (Lipinski definition) is 14. The molecule has 0 radical (unpaired) electrons. The van der Waals surface area contributed by atoms with Gasteiger partial charge < -0.3 is 69.3 Å². The van der Waals surface area contributed by atoms with Crippen molar-refractivity contribution in [3.63, 3.8) is 0 Å². The van der Waals surface area contributed by atoms with Gasteiger partial charge >= 0.3 is 0 Å². The van der Waals surface area contributed by atoms with Gasteiger partial charge in [-0.25, -0.2) is 0 Å². The van der Waals surface area contributed by atoms with Gasteiger partial charge in [-0.05, 0) is 26.0 Å². The van der Waals surface area contributed by atoms with E-state index in [1.165, 1.54) is 7.11 Å². The summed E-state index contributed by atoms with van der Waals surface area (Å²) in [4.78, 5) is 0. The van der Waals surface area contributed by atoms with Gasteiger partial charge in [-0.1, -0.05) is 12.1 Å². The topological polar surface area (TPSA) is 217 Å². The Balaban J connectivity index is 1.48. The molecule has 11 atom stereocenters. The average molecular weight is 597 g/mol. The molecule has 0 unspecified atom stereocenters. The number of phenolic OH excluding ortho intramolecular Hbond substituents is 1. The number of allylic oxidation sites excluding steroid dienone is 1. The number of aromatic hydroxyl groups is 1. The zero-order valence-corrected chi connectivity index (χ0v) is 23.1. The maximum absolute atomic E-state index is 11.3. The van der Waals surface area contributed by atoms with Crippen molar-refractivity contribution in [2.75, 3.05) is 20.3 Å². The highest BCUT2D eigenvalue weighted by Gasteiger charge is 2.51. The summed E-state index contributed by atoms with van der Waals surface area (Å²) in [6.07, 6.45) is -14.9. The zero-order chi connectivity index (χ0) is 30.5. The second kappa shape index (κ2) is 12.1. The van der Waals surface area contributed by atoms with E-state index in [4.69, 9.17) is 28.4 Å². The quantitative estimate of drug-likeness (QED) is 0.193. The minimum atomic E-state index is -1.79. The van der Waals surface area contributed by atoms with E-state index in [0.29, 0.717) is 33.4 Å². The summed E-state index contributed by atoms with van der Waals surface area (Å²) >= 11 is 0. The summed E-state index contributed by atoms with van der Waals surface area (Å²) in [5, 5.41) is 84.2. The van der Waals surface area contributed by atoms with Crippen LogP contribution in [0.2, 0.25) is 0 Å². The van der Waals surface area contributed by atoms with Crippen molar-refractivity contribution in [3.05, 3.63) is 35.1 Å². The van der Waals surface area contributed by atoms with E-state index in [2.05, 4.69) is 0 Å². The minimum Gasteiger partial charge on any atom is -0.507 e. The van der Waals surface area contributed by atoms with Crippen LogP contribution in [0.25, 0.3) is 16.8 Å². The van der Waals surface area contributed by atoms with Crippen LogP contribution in [-0.4, -0.2) is 123 Å². The third-order valence-electron chi connectivity index (χ3n) is 7.83. The van der Waals surface area contributed by atoms with Crippen LogP contribution in [0.5, 0.6) is 17.2 Å². The van der Waals surface area contributed by atoms with Gasteiger partial charge in [0.2, 0.25) is 6.29 Å². The molecule has 2 saturated heterocycles. The molecule has 5 rings (SSSR count). The molecule has 0 amide bonds. The van der Waals surface area contributed by atoms with E-state index in [1.54, 1.807) is 38.1 Å². The summed E-state index contributed by atoms with van der Waals surface area (Å²) < 4.78 is 34.3. The number of aliphatic hydroxyl groups excluding tert-OH is 7. The first kappa shape index (κ1) is 30.7. The summed E-state index contributed by atoms with van der Waals surface area (Å²) in [6.45, 7) is 2.05. The number of methoxy groups -OCH3 is 1. The lowest BCUT2D eigenvalue weighted by Crippen LogP contribution is -2.65. The molecule has 0 spiro atoms. The fraction of sp³-hybridized carbons (Fsp3) is 0.571. The summed E-state index contributed by atoms with van der Waals surface area (Å²) in [7, 11) is 1.45. The van der Waals surface area contributed by atoms with Crippen molar-refractivity contribution in [3.8, 4) is 17.2 Å². The predicted molar refractivity (Wildman–Crippen MR) is 142 cm³/mol. The SMILES string of the molecule is COc1cccc2c(O[C@@H]3O[C@H](CO)[C@@H](O[C@@H]4O[C@H](CO)[C@@H](O)[C@H](O)[C@H]4O)[C@H](O)[C@H]3O)c3c(c(O)c12)[C@@H](C)OC(C)=C3. The molecular formula is C28H36O14. The largest absolute Gasteiger partial charge is 0.507 e. The van der Waals surface area contributed by atoms with Crippen molar-refractivity contribution < 1.29 is 69.3 Å². The molecule has 2 fully saturated rings. The number of phenols is 1. The lowest BCUT2D eigenvalue weighted by molar-refractivity contribution is -0.352. The Labute approximate surface area is 240 Å². The van der Waals surface area contributed by atoms with Gasteiger partial charge in [0.15, 0.2) is 6.29 Å². The van der Waals surface area contributed by atoms with Crippen LogP contribution in [0.15, 0.2) is 24.0 Å². The number of hydrogen-bond donors (Lipinski definition) is 8. The van der Waals surface area contributed by atoms with E-state index in [0.717, 1.165) is 0 Å². The van der Waals surface area contributed by atoms with Gasteiger partial charge in [-0.2, -0.15) is 0 Å². The third kappa shape index (κ3) is 5.17. The van der Waals surface area contributed by atoms with Gasteiger partial charge in [0.05, 0.1) is 31.5 Å². The van der Waals surface area contributed by atoms with Gasteiger partial charge in [0, 0.05) is 16.5 Å². The molecule has 3 aliphatic rings. The fourth-order valence-corrected chi connectivity index (χ4v) is 5.69. The number of aliphatic hydroxyl groups is 7. The van der Waals surface area contributed by atoms with E-state index < -0.39 is 80.7 Å². The molecule has 232 valence electrons. The Kier molecular flexibility index (Phi) is 8.83. The van der Waals surface area contributed by atoms with Gasteiger partial charge in [0.1, 0.15) is 72.2 Å². The summed E-state index contributed by atoms with van der Waals surface area (Å²) in [5.74, 6) is 0.996. The smallest absolute Gasteiger partial charge is 0.229 e. The molecule has 3 heterocycles. The lowest BCUT2D eigenvalue weighted by Gasteiger charge is -2.46. The molecule has 0 saturated carbocycles. The highest BCUT2D eigenvalue weighted by atomic mass is 16.7. The van der Waals surface area contributed by atoms with Crippen LogP contribution in [0.1, 0.15) is 31.1 Å². The van der Waals surface area contributed by atoms with E-state index in [9.17, 15) is 40.9 Å². The van der Waals surface area contributed by atoms with Crippen LogP contribution in [0, 0.1) is 0 Å². The van der Waals surface area contributed by atoms with Gasteiger partial charge in [-0.15, -0.1) is 0 Å². The van der Waals surface area contributed by atoms with Gasteiger partial charge in [0.25, 0.3) is 0 Å².